The van der Waals surface area contributed by atoms with E-state index in [1.165, 1.54) is 16.0 Å². The average molecular weight is 438 g/mol. The summed E-state index contributed by atoms with van der Waals surface area (Å²) in [7, 11) is 0. The van der Waals surface area contributed by atoms with E-state index in [1.54, 1.807) is 0 Å². The largest absolute Gasteiger partial charge is 0.449 e. The van der Waals surface area contributed by atoms with Gasteiger partial charge in [-0.25, -0.2) is 14.5 Å². The lowest BCUT2D eigenvalue weighted by Gasteiger charge is -2.33. The van der Waals surface area contributed by atoms with Crippen molar-refractivity contribution in [1.82, 2.24) is 4.90 Å². The fraction of sp³-hybridized carbons (Fsp3) is 0.462. The number of benzene rings is 2. The van der Waals surface area contributed by atoms with Crippen molar-refractivity contribution in [2.45, 2.75) is 53.0 Å². The van der Waals surface area contributed by atoms with E-state index in [1.807, 2.05) is 50.2 Å². The third kappa shape index (κ3) is 5.81. The van der Waals surface area contributed by atoms with Gasteiger partial charge in [-0.3, -0.25) is 0 Å². The molecule has 3 rings (SSSR count). The van der Waals surface area contributed by atoms with Crippen LogP contribution in [0.3, 0.4) is 0 Å². The maximum absolute atomic E-state index is 13.2. The molecule has 1 aliphatic carbocycles. The summed E-state index contributed by atoms with van der Waals surface area (Å²) in [6.45, 7) is 10.3. The predicted molar refractivity (Wildman–Crippen MR) is 129 cm³/mol. The summed E-state index contributed by atoms with van der Waals surface area (Å²) in [5.74, 6) is 0.198. The van der Waals surface area contributed by atoms with Crippen LogP contribution < -0.4 is 10.2 Å². The Balaban J connectivity index is 1.77. The number of hydrogen-bond acceptors (Lipinski definition) is 4. The van der Waals surface area contributed by atoms with Gasteiger partial charge >= 0.3 is 12.1 Å². The Morgan fingerprint density at radius 1 is 1.03 bits per heavy atom. The Morgan fingerprint density at radius 2 is 1.69 bits per heavy atom. The van der Waals surface area contributed by atoms with Gasteiger partial charge in [-0.2, -0.15) is 0 Å². The second-order valence-corrected chi connectivity index (χ2v) is 8.66. The zero-order valence-electron chi connectivity index (χ0n) is 19.6. The van der Waals surface area contributed by atoms with Crippen molar-refractivity contribution >= 4 is 23.5 Å². The molecule has 1 N–H and O–H groups in total. The maximum atomic E-state index is 13.2. The fourth-order valence-corrected chi connectivity index (χ4v) is 4.13. The number of carbonyl (C=O) groups is 2. The Hall–Kier alpha value is -3.02. The number of carbonyl (C=O) groups excluding carboxylic acids is 2. The summed E-state index contributed by atoms with van der Waals surface area (Å²) in [5.41, 5.74) is 4.22. The van der Waals surface area contributed by atoms with E-state index in [9.17, 15) is 9.59 Å². The van der Waals surface area contributed by atoms with Gasteiger partial charge in [-0.05, 0) is 74.4 Å². The van der Waals surface area contributed by atoms with Gasteiger partial charge in [0, 0.05) is 30.5 Å². The van der Waals surface area contributed by atoms with Crippen LogP contribution in [0.15, 0.2) is 48.5 Å². The fourth-order valence-electron chi connectivity index (χ4n) is 4.13. The lowest BCUT2D eigenvalue weighted by molar-refractivity contribution is 0.0882. The van der Waals surface area contributed by atoms with E-state index < -0.39 is 12.1 Å². The highest BCUT2D eigenvalue weighted by atomic mass is 16.6. The van der Waals surface area contributed by atoms with Crippen molar-refractivity contribution in [2.75, 3.05) is 29.9 Å². The number of anilines is 2. The summed E-state index contributed by atoms with van der Waals surface area (Å²) < 4.78 is 5.46. The second-order valence-electron chi connectivity index (χ2n) is 8.66. The van der Waals surface area contributed by atoms with E-state index in [0.717, 1.165) is 31.6 Å². The van der Waals surface area contributed by atoms with Gasteiger partial charge < -0.3 is 15.0 Å². The normalized spacial score (nSPS) is 15.1. The van der Waals surface area contributed by atoms with Crippen molar-refractivity contribution in [3.05, 3.63) is 59.7 Å². The topological polar surface area (TPSA) is 61.9 Å². The molecule has 3 amide bonds. The van der Waals surface area contributed by atoms with Crippen LogP contribution in [0.4, 0.5) is 21.0 Å². The summed E-state index contributed by atoms with van der Waals surface area (Å²) in [4.78, 5) is 29.7. The number of imide groups is 1. The number of ether oxygens (including phenoxy) is 1. The first kappa shape index (κ1) is 23.6. The van der Waals surface area contributed by atoms with E-state index >= 15 is 0 Å². The lowest BCUT2D eigenvalue weighted by atomic mass is 9.88. The summed E-state index contributed by atoms with van der Waals surface area (Å²) in [5, 5.41) is 2.90. The highest BCUT2D eigenvalue weighted by molar-refractivity contribution is 5.99. The molecule has 0 fully saturated rings. The first-order valence-corrected chi connectivity index (χ1v) is 11.6. The summed E-state index contributed by atoms with van der Waals surface area (Å²) in [6.07, 6.45) is 1.62. The molecule has 0 spiro atoms. The van der Waals surface area contributed by atoms with Crippen LogP contribution in [-0.2, 0) is 17.6 Å². The average Bonchev–Trinajstić information content (AvgIpc) is 2.79. The van der Waals surface area contributed by atoms with Gasteiger partial charge in [-0.1, -0.05) is 38.1 Å². The lowest BCUT2D eigenvalue weighted by Crippen LogP contribution is -2.49. The van der Waals surface area contributed by atoms with E-state index in [-0.39, 0.29) is 18.6 Å². The number of nitrogens with zero attached hydrogens (tertiary/aromatic N) is 2. The molecule has 0 heterocycles. The first-order chi connectivity index (χ1) is 15.4. The number of aryl methyl sites for hydroxylation is 1. The molecule has 2 aromatic carbocycles. The molecule has 1 atom stereocenters. The molecule has 2 aromatic rings. The number of amides is 3. The Labute approximate surface area is 191 Å². The Morgan fingerprint density at radius 3 is 2.31 bits per heavy atom. The van der Waals surface area contributed by atoms with Crippen LogP contribution in [0.1, 0.15) is 45.2 Å². The van der Waals surface area contributed by atoms with Crippen molar-refractivity contribution in [1.29, 1.82) is 0 Å². The van der Waals surface area contributed by atoms with Crippen LogP contribution in [0, 0.1) is 5.92 Å². The number of rotatable bonds is 7. The molecule has 0 saturated heterocycles. The van der Waals surface area contributed by atoms with Gasteiger partial charge in [0.05, 0.1) is 6.61 Å². The van der Waals surface area contributed by atoms with Crippen molar-refractivity contribution < 1.29 is 14.3 Å². The van der Waals surface area contributed by atoms with E-state index in [0.29, 0.717) is 12.1 Å². The van der Waals surface area contributed by atoms with Crippen molar-refractivity contribution in [3.63, 3.8) is 0 Å². The van der Waals surface area contributed by atoms with Gasteiger partial charge in [0.15, 0.2) is 0 Å². The van der Waals surface area contributed by atoms with Crippen LogP contribution in [0.25, 0.3) is 0 Å². The quantitative estimate of drug-likeness (QED) is 0.602. The zero-order valence-corrected chi connectivity index (χ0v) is 19.6. The standard InChI is InChI=1S/C26H35N3O3/c1-5-28(6-2)23-15-12-22(13-16-23)27-25(30)29(26(31)32-18-19(3)4)24-14-11-20-9-7-8-10-21(20)17-24/h7-10,12-13,15-16,19,24H,5-6,11,14,17-18H2,1-4H3,(H,27,30). The number of urea groups is 1. The van der Waals surface area contributed by atoms with Crippen molar-refractivity contribution in [3.8, 4) is 0 Å². The third-order valence-electron chi connectivity index (χ3n) is 5.89. The summed E-state index contributed by atoms with van der Waals surface area (Å²) >= 11 is 0. The van der Waals surface area contributed by atoms with Crippen LogP contribution in [0.5, 0.6) is 0 Å². The van der Waals surface area contributed by atoms with Gasteiger partial charge in [0.2, 0.25) is 0 Å². The minimum Gasteiger partial charge on any atom is -0.449 e. The van der Waals surface area contributed by atoms with Crippen LogP contribution >= 0.6 is 0 Å². The molecule has 0 saturated carbocycles. The predicted octanol–water partition coefficient (Wildman–Crippen LogP) is 5.72. The highest BCUT2D eigenvalue weighted by Gasteiger charge is 2.34. The molecular weight excluding hydrogens is 402 g/mol. The second kappa shape index (κ2) is 11.0. The van der Waals surface area contributed by atoms with E-state index in [2.05, 4.69) is 36.2 Å². The molecule has 172 valence electrons. The molecule has 1 aliphatic rings. The molecule has 0 aliphatic heterocycles. The maximum Gasteiger partial charge on any atom is 0.418 e. The summed E-state index contributed by atoms with van der Waals surface area (Å²) in [6, 6.07) is 15.3. The van der Waals surface area contributed by atoms with E-state index in [4.69, 9.17) is 4.74 Å². The molecular formula is C26H35N3O3. The molecule has 1 unspecified atom stereocenters. The van der Waals surface area contributed by atoms with Gasteiger partial charge in [0.25, 0.3) is 0 Å². The molecule has 0 aromatic heterocycles. The number of nitrogens with one attached hydrogen (secondary N) is 1. The minimum atomic E-state index is -0.583. The van der Waals surface area contributed by atoms with Gasteiger partial charge in [0.1, 0.15) is 0 Å². The smallest absolute Gasteiger partial charge is 0.418 e. The molecule has 0 bridgehead atoms. The Bertz CT molecular complexity index is 907. The minimum absolute atomic E-state index is 0.198. The molecule has 0 radical (unpaired) electrons. The van der Waals surface area contributed by atoms with Crippen molar-refractivity contribution in [2.24, 2.45) is 5.92 Å². The van der Waals surface area contributed by atoms with Crippen LogP contribution in [-0.4, -0.2) is 42.8 Å². The zero-order chi connectivity index (χ0) is 23.1. The first-order valence-electron chi connectivity index (χ1n) is 11.6. The number of hydrogen-bond donors (Lipinski definition) is 1. The third-order valence-corrected chi connectivity index (χ3v) is 5.89. The monoisotopic (exact) mass is 437 g/mol. The highest BCUT2D eigenvalue weighted by Crippen LogP contribution is 2.26. The Kier molecular flexibility index (Phi) is 8.14. The molecule has 32 heavy (non-hydrogen) atoms. The van der Waals surface area contributed by atoms with Gasteiger partial charge in [-0.15, -0.1) is 0 Å². The number of fused-ring (bicyclic) bond motifs is 1. The van der Waals surface area contributed by atoms with Crippen LogP contribution in [0.2, 0.25) is 0 Å². The molecule has 6 heteroatoms. The SMILES string of the molecule is CCN(CC)c1ccc(NC(=O)N(C(=O)OCC(C)C)C2CCc3ccccc3C2)cc1. The molecule has 6 nitrogen and oxygen atoms in total.